The van der Waals surface area contributed by atoms with Crippen LogP contribution in [-0.2, 0) is 6.54 Å². The van der Waals surface area contributed by atoms with Crippen LogP contribution in [0, 0.1) is 6.92 Å². The number of aromatic amines is 1. The lowest BCUT2D eigenvalue weighted by Gasteiger charge is -2.21. The summed E-state index contributed by atoms with van der Waals surface area (Å²) in [5.41, 5.74) is 5.07. The number of fused-ring (bicyclic) bond motifs is 1. The van der Waals surface area contributed by atoms with Crippen molar-refractivity contribution in [2.75, 3.05) is 11.9 Å². The van der Waals surface area contributed by atoms with E-state index in [-0.39, 0.29) is 0 Å². The Kier molecular flexibility index (Phi) is 4.73. The molecule has 0 spiro atoms. The lowest BCUT2D eigenvalue weighted by molar-refractivity contribution is 0.260. The van der Waals surface area contributed by atoms with Crippen molar-refractivity contribution in [2.24, 2.45) is 0 Å². The van der Waals surface area contributed by atoms with E-state index in [2.05, 4.69) is 49.4 Å². The van der Waals surface area contributed by atoms with Crippen LogP contribution in [0.15, 0.2) is 36.7 Å². The van der Waals surface area contributed by atoms with Gasteiger partial charge in [-0.25, -0.2) is 15.0 Å². The smallest absolute Gasteiger partial charge is 0.190 e. The number of hydrogen-bond donors (Lipinski definition) is 2. The third kappa shape index (κ3) is 3.73. The normalized spacial score (nSPS) is 17.2. The summed E-state index contributed by atoms with van der Waals surface area (Å²) >= 11 is 1.53. The van der Waals surface area contributed by atoms with Crippen molar-refractivity contribution in [1.82, 2.24) is 30.0 Å². The molecule has 4 aromatic rings. The summed E-state index contributed by atoms with van der Waals surface area (Å²) in [6, 6.07) is 8.85. The van der Waals surface area contributed by atoms with Crippen LogP contribution in [0.2, 0.25) is 0 Å². The molecule has 5 rings (SSSR count). The minimum absolute atomic E-state index is 0.656. The van der Waals surface area contributed by atoms with E-state index in [1.807, 2.05) is 25.3 Å². The summed E-state index contributed by atoms with van der Waals surface area (Å²) in [5, 5.41) is 11.2. The average molecular weight is 406 g/mol. The van der Waals surface area contributed by atoms with Gasteiger partial charge in [-0.3, -0.25) is 10.00 Å². The van der Waals surface area contributed by atoms with Gasteiger partial charge < -0.3 is 5.32 Å². The molecule has 0 radical (unpaired) electrons. The fraction of sp³-hybridized carbons (Fsp3) is 0.333. The molecule has 0 amide bonds. The molecule has 5 heterocycles. The summed E-state index contributed by atoms with van der Waals surface area (Å²) in [5.74, 6) is 0.819. The fourth-order valence-electron chi connectivity index (χ4n) is 3.84. The predicted octanol–water partition coefficient (Wildman–Crippen LogP) is 4.51. The van der Waals surface area contributed by atoms with E-state index in [1.54, 1.807) is 6.20 Å². The molecular formula is C21H23N7S. The number of likely N-dealkylation sites (tertiary alicyclic amines) is 1. The number of aromatic nitrogens is 5. The second-order valence-corrected chi connectivity index (χ2v) is 8.56. The van der Waals surface area contributed by atoms with Gasteiger partial charge in [0.05, 0.1) is 11.9 Å². The van der Waals surface area contributed by atoms with Gasteiger partial charge in [0.1, 0.15) is 16.2 Å². The Labute approximate surface area is 173 Å². The van der Waals surface area contributed by atoms with Crippen LogP contribution in [0.1, 0.15) is 31.0 Å². The van der Waals surface area contributed by atoms with E-state index in [1.165, 1.54) is 36.3 Å². The van der Waals surface area contributed by atoms with Crippen molar-refractivity contribution >= 4 is 32.6 Å². The Morgan fingerprint density at radius 1 is 1.28 bits per heavy atom. The summed E-state index contributed by atoms with van der Waals surface area (Å²) in [6.07, 6.45) is 6.25. The van der Waals surface area contributed by atoms with Gasteiger partial charge in [0.25, 0.3) is 0 Å². The molecule has 2 N–H and O–H groups in total. The van der Waals surface area contributed by atoms with Crippen molar-refractivity contribution < 1.29 is 0 Å². The molecule has 4 aromatic heterocycles. The van der Waals surface area contributed by atoms with E-state index in [4.69, 9.17) is 4.98 Å². The summed E-state index contributed by atoms with van der Waals surface area (Å²) in [7, 11) is 0. The third-order valence-electron chi connectivity index (χ3n) is 5.50. The highest BCUT2D eigenvalue weighted by Crippen LogP contribution is 2.30. The maximum atomic E-state index is 4.76. The number of H-pyrrole nitrogens is 1. The van der Waals surface area contributed by atoms with E-state index >= 15 is 0 Å². The monoisotopic (exact) mass is 405 g/mol. The third-order valence-corrected chi connectivity index (χ3v) is 6.38. The van der Waals surface area contributed by atoms with Crippen molar-refractivity contribution in [2.45, 2.75) is 39.3 Å². The molecule has 1 saturated heterocycles. The highest BCUT2D eigenvalue weighted by Gasteiger charge is 2.20. The minimum Gasteiger partial charge on any atom is -0.316 e. The van der Waals surface area contributed by atoms with E-state index < -0.39 is 0 Å². The van der Waals surface area contributed by atoms with Crippen LogP contribution in [0.25, 0.3) is 21.6 Å². The van der Waals surface area contributed by atoms with Gasteiger partial charge in [0.15, 0.2) is 5.13 Å². The summed E-state index contributed by atoms with van der Waals surface area (Å²) < 4.78 is 0. The largest absolute Gasteiger partial charge is 0.316 e. The Bertz CT molecular complexity index is 1150. The molecule has 1 aliphatic heterocycles. The molecule has 0 bridgehead atoms. The van der Waals surface area contributed by atoms with Crippen LogP contribution >= 0.6 is 11.3 Å². The zero-order valence-corrected chi connectivity index (χ0v) is 17.3. The van der Waals surface area contributed by atoms with E-state index in [0.29, 0.717) is 6.04 Å². The molecule has 1 atom stereocenters. The van der Waals surface area contributed by atoms with Crippen molar-refractivity contribution in [1.29, 1.82) is 0 Å². The molecular weight excluding hydrogens is 382 g/mol. The number of anilines is 2. The van der Waals surface area contributed by atoms with Crippen molar-refractivity contribution in [3.05, 3.63) is 47.9 Å². The van der Waals surface area contributed by atoms with E-state index in [9.17, 15) is 0 Å². The van der Waals surface area contributed by atoms with Crippen molar-refractivity contribution in [3.8, 4) is 11.3 Å². The lowest BCUT2D eigenvalue weighted by atomic mass is 10.2. The number of thiazole rings is 1. The predicted molar refractivity (Wildman–Crippen MR) is 116 cm³/mol. The molecule has 1 aliphatic rings. The first-order valence-corrected chi connectivity index (χ1v) is 10.7. The quantitative estimate of drug-likeness (QED) is 0.508. The highest BCUT2D eigenvalue weighted by molar-refractivity contribution is 7.21. The molecule has 0 unspecified atom stereocenters. The van der Waals surface area contributed by atoms with Gasteiger partial charge in [-0.05, 0) is 63.1 Å². The van der Waals surface area contributed by atoms with E-state index in [0.717, 1.165) is 44.8 Å². The second kappa shape index (κ2) is 7.53. The number of rotatable bonds is 5. The Morgan fingerprint density at radius 2 is 2.21 bits per heavy atom. The van der Waals surface area contributed by atoms with Crippen molar-refractivity contribution in [3.63, 3.8) is 0 Å². The molecule has 0 aliphatic carbocycles. The number of nitrogens with one attached hydrogen (secondary N) is 2. The SMILES string of the molecule is Cc1[nH]ncc1-c1ccc2nc(Nc3cc(CN4CCC[C@H]4C)ccn3)sc2n1. The summed E-state index contributed by atoms with van der Waals surface area (Å²) in [4.78, 5) is 17.3. The maximum absolute atomic E-state index is 4.76. The number of pyridine rings is 2. The molecule has 29 heavy (non-hydrogen) atoms. The number of hydrogen-bond acceptors (Lipinski definition) is 7. The number of nitrogens with zero attached hydrogens (tertiary/aromatic N) is 5. The standard InChI is InChI=1S/C21H23N7S/c1-13-4-3-9-28(13)12-15-7-8-22-19(10-15)26-21-25-18-6-5-17(24-20(18)29-21)16-11-23-27-14(16)2/h5-8,10-11,13H,3-4,9,12H2,1-2H3,(H,23,27)(H,22,25,26)/t13-/m1/s1. The Morgan fingerprint density at radius 3 is 3.00 bits per heavy atom. The maximum Gasteiger partial charge on any atom is 0.190 e. The molecule has 0 saturated carbocycles. The first kappa shape index (κ1) is 18.2. The Balaban J connectivity index is 1.36. The molecule has 0 aromatic carbocycles. The lowest BCUT2D eigenvalue weighted by Crippen LogP contribution is -2.26. The van der Waals surface area contributed by atoms with Gasteiger partial charge in [-0.2, -0.15) is 5.10 Å². The van der Waals surface area contributed by atoms with Crippen LogP contribution < -0.4 is 5.32 Å². The van der Waals surface area contributed by atoms with Gasteiger partial charge in [0.2, 0.25) is 0 Å². The highest BCUT2D eigenvalue weighted by atomic mass is 32.1. The van der Waals surface area contributed by atoms with Gasteiger partial charge in [-0.1, -0.05) is 11.3 Å². The first-order valence-electron chi connectivity index (χ1n) is 9.89. The zero-order valence-electron chi connectivity index (χ0n) is 16.5. The molecule has 148 valence electrons. The van der Waals surface area contributed by atoms with Gasteiger partial charge >= 0.3 is 0 Å². The average Bonchev–Trinajstić information content (AvgIpc) is 3.42. The molecule has 1 fully saturated rings. The Hall–Kier alpha value is -2.84. The van der Waals surface area contributed by atoms with Crippen LogP contribution in [0.5, 0.6) is 0 Å². The first-order chi connectivity index (χ1) is 14.2. The second-order valence-electron chi connectivity index (χ2n) is 7.58. The molecule has 8 heteroatoms. The van der Waals surface area contributed by atoms with Crippen LogP contribution in [0.3, 0.4) is 0 Å². The number of aryl methyl sites for hydroxylation is 1. The van der Waals surface area contributed by atoms with Gasteiger partial charge in [-0.15, -0.1) is 0 Å². The fourth-order valence-corrected chi connectivity index (χ4v) is 4.69. The minimum atomic E-state index is 0.656. The molecule has 7 nitrogen and oxygen atoms in total. The van der Waals surface area contributed by atoms with Crippen LogP contribution in [0.4, 0.5) is 10.9 Å². The van der Waals surface area contributed by atoms with Crippen LogP contribution in [-0.4, -0.2) is 42.6 Å². The zero-order chi connectivity index (χ0) is 19.8. The summed E-state index contributed by atoms with van der Waals surface area (Å²) in [6.45, 7) is 6.44. The topological polar surface area (TPSA) is 82.6 Å². The van der Waals surface area contributed by atoms with Gasteiger partial charge in [0, 0.05) is 30.0 Å².